The first-order valence-corrected chi connectivity index (χ1v) is 6.43. The highest BCUT2D eigenvalue weighted by atomic mass is 32.2. The highest BCUT2D eigenvalue weighted by molar-refractivity contribution is 7.89. The van der Waals surface area contributed by atoms with E-state index in [0.29, 0.717) is 6.07 Å². The van der Waals surface area contributed by atoms with Gasteiger partial charge in [-0.15, -0.1) is 0 Å². The zero-order valence-electron chi connectivity index (χ0n) is 9.83. The van der Waals surface area contributed by atoms with Crippen LogP contribution in [-0.2, 0) is 19.6 Å². The van der Waals surface area contributed by atoms with Crippen molar-refractivity contribution in [2.45, 2.75) is 4.90 Å². The highest BCUT2D eigenvalue weighted by Gasteiger charge is 2.20. The number of hydrogen-bond acceptors (Lipinski definition) is 6. The van der Waals surface area contributed by atoms with E-state index in [1.165, 1.54) is 7.11 Å². The minimum absolute atomic E-state index is 0.0365. The minimum Gasteiger partial charge on any atom is -0.382 e. The molecule has 0 aromatic heterocycles. The number of benzene rings is 1. The van der Waals surface area contributed by atoms with Crippen LogP contribution in [0.25, 0.3) is 0 Å². The van der Waals surface area contributed by atoms with Gasteiger partial charge in [0.05, 0.1) is 23.0 Å². The Labute approximate surface area is 108 Å². The SMILES string of the molecule is COCCONS(=O)(=O)c1ccc([N+](=O)[O-])c(F)c1. The average molecular weight is 294 g/mol. The third kappa shape index (κ3) is 4.21. The largest absolute Gasteiger partial charge is 0.382 e. The van der Waals surface area contributed by atoms with Crippen molar-refractivity contribution in [2.75, 3.05) is 20.3 Å². The normalized spacial score (nSPS) is 11.5. The predicted molar refractivity (Wildman–Crippen MR) is 61.2 cm³/mol. The molecule has 0 saturated carbocycles. The van der Waals surface area contributed by atoms with Crippen molar-refractivity contribution in [3.63, 3.8) is 0 Å². The first kappa shape index (κ1) is 15.4. The molecular weight excluding hydrogens is 283 g/mol. The Balaban J connectivity index is 2.84. The monoisotopic (exact) mass is 294 g/mol. The second-order valence-corrected chi connectivity index (χ2v) is 4.94. The van der Waals surface area contributed by atoms with Crippen LogP contribution in [0.4, 0.5) is 10.1 Å². The van der Waals surface area contributed by atoms with Crippen molar-refractivity contribution >= 4 is 15.7 Å². The Bertz CT molecular complexity index is 562. The molecule has 0 fully saturated rings. The van der Waals surface area contributed by atoms with E-state index in [-0.39, 0.29) is 13.2 Å². The van der Waals surface area contributed by atoms with Gasteiger partial charge in [0.2, 0.25) is 5.82 Å². The molecule has 0 heterocycles. The van der Waals surface area contributed by atoms with Gasteiger partial charge in [0.1, 0.15) is 0 Å². The molecule has 0 radical (unpaired) electrons. The van der Waals surface area contributed by atoms with Gasteiger partial charge in [0.15, 0.2) is 0 Å². The highest BCUT2D eigenvalue weighted by Crippen LogP contribution is 2.20. The van der Waals surface area contributed by atoms with E-state index in [0.717, 1.165) is 12.1 Å². The zero-order chi connectivity index (χ0) is 14.5. The van der Waals surface area contributed by atoms with E-state index < -0.39 is 31.3 Å². The summed E-state index contributed by atoms with van der Waals surface area (Å²) < 4.78 is 41.1. The third-order valence-corrected chi connectivity index (χ3v) is 3.20. The maximum atomic E-state index is 13.3. The van der Waals surface area contributed by atoms with E-state index >= 15 is 0 Å². The van der Waals surface area contributed by atoms with Gasteiger partial charge in [-0.05, 0) is 6.07 Å². The summed E-state index contributed by atoms with van der Waals surface area (Å²) in [6, 6.07) is 2.21. The van der Waals surface area contributed by atoms with Crippen molar-refractivity contribution in [1.82, 2.24) is 4.89 Å². The smallest absolute Gasteiger partial charge is 0.304 e. The van der Waals surface area contributed by atoms with Crippen molar-refractivity contribution in [3.05, 3.63) is 34.1 Å². The standard InChI is InChI=1S/C9H11FN2O6S/c1-17-4-5-18-11-19(15,16)7-2-3-9(12(13)14)8(10)6-7/h2-3,6,11H,4-5H2,1H3. The summed E-state index contributed by atoms with van der Waals surface area (Å²) in [6.07, 6.45) is 0. The van der Waals surface area contributed by atoms with E-state index in [9.17, 15) is 22.9 Å². The van der Waals surface area contributed by atoms with Crippen LogP contribution in [0, 0.1) is 15.9 Å². The summed E-state index contributed by atoms with van der Waals surface area (Å²) in [5, 5.41) is 10.4. The lowest BCUT2D eigenvalue weighted by atomic mass is 10.3. The molecule has 0 amide bonds. The third-order valence-electron chi connectivity index (χ3n) is 1.98. The van der Waals surface area contributed by atoms with Crippen molar-refractivity contribution < 1.29 is 27.3 Å². The molecular formula is C9H11FN2O6S. The summed E-state index contributed by atoms with van der Waals surface area (Å²) >= 11 is 0. The fraction of sp³-hybridized carbons (Fsp3) is 0.333. The van der Waals surface area contributed by atoms with Gasteiger partial charge in [-0.3, -0.25) is 15.0 Å². The van der Waals surface area contributed by atoms with Crippen LogP contribution in [0.3, 0.4) is 0 Å². The Hall–Kier alpha value is -1.62. The molecule has 0 atom stereocenters. The molecule has 10 heteroatoms. The van der Waals surface area contributed by atoms with Crippen LogP contribution in [0.1, 0.15) is 0 Å². The van der Waals surface area contributed by atoms with Gasteiger partial charge >= 0.3 is 5.69 Å². The van der Waals surface area contributed by atoms with Crippen molar-refractivity contribution in [3.8, 4) is 0 Å². The summed E-state index contributed by atoms with van der Waals surface area (Å²) in [7, 11) is -2.69. The van der Waals surface area contributed by atoms with E-state index in [1.807, 2.05) is 0 Å². The Morgan fingerprint density at radius 2 is 2.11 bits per heavy atom. The number of methoxy groups -OCH3 is 1. The van der Waals surface area contributed by atoms with E-state index in [4.69, 9.17) is 0 Å². The molecule has 1 N–H and O–H groups in total. The molecule has 0 aliphatic carbocycles. The molecule has 0 aliphatic heterocycles. The van der Waals surface area contributed by atoms with Crippen LogP contribution >= 0.6 is 0 Å². The molecule has 106 valence electrons. The topological polar surface area (TPSA) is 108 Å². The van der Waals surface area contributed by atoms with E-state index in [2.05, 4.69) is 9.57 Å². The Morgan fingerprint density at radius 3 is 2.63 bits per heavy atom. The number of nitrogens with one attached hydrogen (secondary N) is 1. The molecule has 0 aliphatic rings. The van der Waals surface area contributed by atoms with Crippen LogP contribution in [0.15, 0.2) is 23.1 Å². The zero-order valence-corrected chi connectivity index (χ0v) is 10.6. The molecule has 1 rings (SSSR count). The quantitative estimate of drug-likeness (QED) is 0.448. The van der Waals surface area contributed by atoms with Crippen molar-refractivity contribution in [1.29, 1.82) is 0 Å². The maximum Gasteiger partial charge on any atom is 0.304 e. The molecule has 1 aromatic carbocycles. The fourth-order valence-corrected chi connectivity index (χ4v) is 1.94. The lowest BCUT2D eigenvalue weighted by Gasteiger charge is -2.06. The molecule has 8 nitrogen and oxygen atoms in total. The number of hydrogen-bond donors (Lipinski definition) is 1. The van der Waals surface area contributed by atoms with Gasteiger partial charge in [-0.1, -0.05) is 4.89 Å². The molecule has 0 saturated heterocycles. The molecule has 1 aromatic rings. The van der Waals surface area contributed by atoms with Crippen LogP contribution in [-0.4, -0.2) is 33.7 Å². The molecule has 0 spiro atoms. The lowest BCUT2D eigenvalue weighted by molar-refractivity contribution is -0.387. The van der Waals surface area contributed by atoms with Gasteiger partial charge in [-0.2, -0.15) is 4.39 Å². The number of nitro benzene ring substituents is 1. The predicted octanol–water partition coefficient (Wildman–Crippen LogP) is 0.590. The summed E-state index contributed by atoms with van der Waals surface area (Å²) in [6.45, 7) is 0.127. The summed E-state index contributed by atoms with van der Waals surface area (Å²) in [5.74, 6) is -1.25. The number of nitrogens with zero attached hydrogens (tertiary/aromatic N) is 1. The van der Waals surface area contributed by atoms with Crippen LogP contribution in [0.2, 0.25) is 0 Å². The second-order valence-electron chi connectivity index (χ2n) is 3.30. The van der Waals surface area contributed by atoms with Gasteiger partial charge in [0.25, 0.3) is 10.0 Å². The Kier molecular flexibility index (Phi) is 5.30. The number of rotatable bonds is 7. The molecule has 19 heavy (non-hydrogen) atoms. The van der Waals surface area contributed by atoms with Crippen molar-refractivity contribution in [2.24, 2.45) is 0 Å². The van der Waals surface area contributed by atoms with Gasteiger partial charge in [0, 0.05) is 19.2 Å². The van der Waals surface area contributed by atoms with E-state index in [1.54, 1.807) is 4.89 Å². The first-order chi connectivity index (χ1) is 8.88. The van der Waals surface area contributed by atoms with Crippen LogP contribution in [0.5, 0.6) is 0 Å². The lowest BCUT2D eigenvalue weighted by Crippen LogP contribution is -2.25. The summed E-state index contributed by atoms with van der Waals surface area (Å²) in [5.41, 5.74) is -0.806. The maximum absolute atomic E-state index is 13.3. The number of nitro groups is 1. The van der Waals surface area contributed by atoms with Gasteiger partial charge < -0.3 is 4.74 Å². The fourth-order valence-electron chi connectivity index (χ4n) is 1.10. The number of halogens is 1. The molecule has 0 unspecified atom stereocenters. The average Bonchev–Trinajstić information content (AvgIpc) is 2.34. The number of ether oxygens (including phenoxy) is 1. The van der Waals surface area contributed by atoms with Crippen LogP contribution < -0.4 is 4.89 Å². The first-order valence-electron chi connectivity index (χ1n) is 4.95. The molecule has 0 bridgehead atoms. The minimum atomic E-state index is -4.10. The number of sulfonamides is 1. The Morgan fingerprint density at radius 1 is 1.42 bits per heavy atom. The van der Waals surface area contributed by atoms with Gasteiger partial charge in [-0.25, -0.2) is 8.42 Å². The second kappa shape index (κ2) is 6.52. The summed E-state index contributed by atoms with van der Waals surface area (Å²) in [4.78, 5) is 15.3.